The first-order valence-electron chi connectivity index (χ1n) is 26.3. The molecule has 1 amide bonds. The summed E-state index contributed by atoms with van der Waals surface area (Å²) in [6, 6.07) is -0.691. The highest BCUT2D eigenvalue weighted by molar-refractivity contribution is 5.77. The van der Waals surface area contributed by atoms with Crippen LogP contribution in [-0.2, 0) is 14.3 Å². The molecular weight excluding hydrogens is 719 g/mol. The molecule has 0 saturated carbocycles. The predicted molar refractivity (Wildman–Crippen MR) is 250 cm³/mol. The second-order valence-electron chi connectivity index (χ2n) is 18.3. The Hall–Kier alpha value is -1.14. The van der Waals surface area contributed by atoms with Gasteiger partial charge in [-0.15, -0.1) is 0 Å². The van der Waals surface area contributed by atoms with E-state index in [4.69, 9.17) is 4.74 Å². The van der Waals surface area contributed by atoms with E-state index in [9.17, 15) is 19.8 Å². The third-order valence-electron chi connectivity index (χ3n) is 12.4. The largest absolute Gasteiger partial charge is 0.462 e. The first kappa shape index (κ1) is 56.9. The fourth-order valence-electron chi connectivity index (χ4n) is 8.43. The summed E-state index contributed by atoms with van der Waals surface area (Å²) in [4.78, 5) is 26.1. The zero-order valence-corrected chi connectivity index (χ0v) is 39.5. The number of hydrogen-bond donors (Lipinski definition) is 3. The highest BCUT2D eigenvalue weighted by Crippen LogP contribution is 2.19. The molecule has 0 radical (unpaired) electrons. The molecular formula is C52H103NO5. The molecule has 0 bridgehead atoms. The molecule has 0 spiro atoms. The van der Waals surface area contributed by atoms with Crippen molar-refractivity contribution in [3.05, 3.63) is 0 Å². The number of ether oxygens (including phenoxy) is 1. The van der Waals surface area contributed by atoms with Crippen LogP contribution in [0.2, 0.25) is 0 Å². The molecule has 3 atom stereocenters. The molecule has 6 nitrogen and oxygen atoms in total. The zero-order chi connectivity index (χ0) is 42.4. The van der Waals surface area contributed by atoms with Crippen molar-refractivity contribution in [2.45, 2.75) is 315 Å². The van der Waals surface area contributed by atoms with Gasteiger partial charge in [0.1, 0.15) is 6.10 Å². The predicted octanol–water partition coefficient (Wildman–Crippen LogP) is 15.6. The van der Waals surface area contributed by atoms with Crippen molar-refractivity contribution in [3.8, 4) is 0 Å². The third-order valence-corrected chi connectivity index (χ3v) is 12.4. The number of amides is 1. The molecule has 3 N–H and O–H groups in total. The Morgan fingerprint density at radius 1 is 0.431 bits per heavy atom. The molecule has 0 saturated heterocycles. The summed E-state index contributed by atoms with van der Waals surface area (Å²) < 4.78 is 5.94. The van der Waals surface area contributed by atoms with Crippen molar-refractivity contribution in [1.29, 1.82) is 0 Å². The van der Waals surface area contributed by atoms with E-state index in [1.807, 2.05) is 0 Å². The van der Waals surface area contributed by atoms with Crippen LogP contribution in [0.25, 0.3) is 0 Å². The highest BCUT2D eigenvalue weighted by atomic mass is 16.5. The van der Waals surface area contributed by atoms with Crippen LogP contribution in [0.15, 0.2) is 0 Å². The van der Waals surface area contributed by atoms with Crippen LogP contribution in [-0.4, -0.2) is 46.9 Å². The first-order chi connectivity index (χ1) is 28.5. The van der Waals surface area contributed by atoms with Crippen LogP contribution < -0.4 is 5.32 Å². The van der Waals surface area contributed by atoms with Gasteiger partial charge in [-0.2, -0.15) is 0 Å². The fraction of sp³-hybridized carbons (Fsp3) is 0.962. The molecule has 6 heteroatoms. The quantitative estimate of drug-likeness (QED) is 0.0420. The lowest BCUT2D eigenvalue weighted by Crippen LogP contribution is -2.46. The number of aliphatic hydroxyl groups is 2. The number of aliphatic hydroxyl groups excluding tert-OH is 2. The molecule has 0 heterocycles. The normalized spacial score (nSPS) is 13.1. The minimum Gasteiger partial charge on any atom is -0.462 e. The topological polar surface area (TPSA) is 95.9 Å². The van der Waals surface area contributed by atoms with E-state index >= 15 is 0 Å². The summed E-state index contributed by atoms with van der Waals surface area (Å²) in [7, 11) is 0. The molecule has 0 aromatic rings. The summed E-state index contributed by atoms with van der Waals surface area (Å²) in [5, 5.41) is 23.7. The number of nitrogens with one attached hydrogen (secondary N) is 1. The van der Waals surface area contributed by atoms with Crippen molar-refractivity contribution in [2.24, 2.45) is 0 Å². The smallest absolute Gasteiger partial charge is 0.306 e. The van der Waals surface area contributed by atoms with Crippen LogP contribution in [0.4, 0.5) is 0 Å². The minimum atomic E-state index is -0.778. The van der Waals surface area contributed by atoms with E-state index < -0.39 is 18.2 Å². The maximum absolute atomic E-state index is 13.2. The van der Waals surface area contributed by atoms with Gasteiger partial charge >= 0.3 is 5.97 Å². The Kier molecular flexibility index (Phi) is 46.0. The molecule has 0 aliphatic heterocycles. The van der Waals surface area contributed by atoms with Crippen molar-refractivity contribution in [1.82, 2.24) is 5.32 Å². The van der Waals surface area contributed by atoms with Crippen molar-refractivity contribution in [3.63, 3.8) is 0 Å². The number of rotatable bonds is 48. The summed E-state index contributed by atoms with van der Waals surface area (Å²) in [5.41, 5.74) is 0. The van der Waals surface area contributed by atoms with E-state index in [0.29, 0.717) is 19.3 Å². The van der Waals surface area contributed by atoms with Gasteiger partial charge in [-0.1, -0.05) is 258 Å². The van der Waals surface area contributed by atoms with E-state index in [1.165, 1.54) is 212 Å². The Bertz CT molecular complexity index is 837. The lowest BCUT2D eigenvalue weighted by molar-refractivity contribution is -0.151. The summed E-state index contributed by atoms with van der Waals surface area (Å²) in [6.45, 7) is 6.50. The molecule has 0 fully saturated rings. The summed E-state index contributed by atoms with van der Waals surface area (Å²) >= 11 is 0. The van der Waals surface area contributed by atoms with Crippen LogP contribution in [0, 0.1) is 0 Å². The third kappa shape index (κ3) is 41.6. The number of carbonyl (C=O) groups is 2. The summed E-state index contributed by atoms with van der Waals surface area (Å²) in [6.07, 6.45) is 50.2. The molecule has 3 unspecified atom stereocenters. The van der Waals surface area contributed by atoms with E-state index in [1.54, 1.807) is 0 Å². The molecule has 0 aromatic heterocycles. The van der Waals surface area contributed by atoms with Gasteiger partial charge in [0.15, 0.2) is 0 Å². The Morgan fingerprint density at radius 2 is 0.724 bits per heavy atom. The second kappa shape index (κ2) is 46.9. The number of carbonyl (C=O) groups excluding carboxylic acids is 2. The van der Waals surface area contributed by atoms with Crippen LogP contribution in [0.1, 0.15) is 297 Å². The van der Waals surface area contributed by atoms with E-state index in [-0.39, 0.29) is 24.9 Å². The van der Waals surface area contributed by atoms with Crippen molar-refractivity contribution >= 4 is 11.9 Å². The molecule has 0 aromatic carbocycles. The van der Waals surface area contributed by atoms with Gasteiger partial charge in [0, 0.05) is 6.42 Å². The Labute approximate surface area is 362 Å². The van der Waals surface area contributed by atoms with Crippen molar-refractivity contribution in [2.75, 3.05) is 6.61 Å². The van der Waals surface area contributed by atoms with Gasteiger partial charge in [0.25, 0.3) is 0 Å². The van der Waals surface area contributed by atoms with Gasteiger partial charge in [-0.3, -0.25) is 9.59 Å². The monoisotopic (exact) mass is 822 g/mol. The molecule has 346 valence electrons. The van der Waals surface area contributed by atoms with E-state index in [2.05, 4.69) is 26.1 Å². The maximum Gasteiger partial charge on any atom is 0.306 e. The van der Waals surface area contributed by atoms with Crippen LogP contribution in [0.3, 0.4) is 0 Å². The van der Waals surface area contributed by atoms with Crippen molar-refractivity contribution < 1.29 is 24.5 Å². The lowest BCUT2D eigenvalue weighted by Gasteiger charge is -2.24. The Balaban J connectivity index is 4.44. The number of unbranched alkanes of at least 4 members (excludes halogenated alkanes) is 36. The SMILES string of the molecule is CCCCCCCCCCCCCCCCCCCC(=O)OC(CCCCCCCCCCCCC)CC(=O)NC(CO)C(O)CCCCCCCCCCCCC. The standard InChI is InChI=1S/C52H103NO5/c1-4-7-10-13-16-19-22-23-24-25-26-27-30-33-36-39-42-45-52(57)58-48(43-40-37-34-31-28-20-17-14-11-8-5-2)46-51(56)53-49(47-54)50(55)44-41-38-35-32-29-21-18-15-12-9-6-3/h48-50,54-55H,4-47H2,1-3H3,(H,53,56). The maximum atomic E-state index is 13.2. The first-order valence-corrected chi connectivity index (χ1v) is 26.3. The van der Waals surface area contributed by atoms with Gasteiger partial charge in [-0.25, -0.2) is 0 Å². The summed E-state index contributed by atoms with van der Waals surface area (Å²) in [5.74, 6) is -0.451. The fourth-order valence-corrected chi connectivity index (χ4v) is 8.43. The van der Waals surface area contributed by atoms with Gasteiger partial charge in [0.2, 0.25) is 5.91 Å². The van der Waals surface area contributed by atoms with Crippen LogP contribution in [0.5, 0.6) is 0 Å². The molecule has 0 aliphatic rings. The molecule has 0 aliphatic carbocycles. The second-order valence-corrected chi connectivity index (χ2v) is 18.3. The van der Waals surface area contributed by atoms with Crippen LogP contribution >= 0.6 is 0 Å². The highest BCUT2D eigenvalue weighted by Gasteiger charge is 2.24. The number of hydrogen-bond acceptors (Lipinski definition) is 5. The average Bonchev–Trinajstić information content (AvgIpc) is 3.22. The molecule has 0 rings (SSSR count). The molecule has 58 heavy (non-hydrogen) atoms. The van der Waals surface area contributed by atoms with Gasteiger partial charge in [0.05, 0.1) is 25.2 Å². The lowest BCUT2D eigenvalue weighted by atomic mass is 10.0. The van der Waals surface area contributed by atoms with E-state index in [0.717, 1.165) is 38.5 Å². The van der Waals surface area contributed by atoms with Gasteiger partial charge < -0.3 is 20.3 Å². The average molecular weight is 822 g/mol. The number of esters is 1. The Morgan fingerprint density at radius 3 is 1.05 bits per heavy atom. The minimum absolute atomic E-state index is 0.0875. The van der Waals surface area contributed by atoms with Gasteiger partial charge in [-0.05, 0) is 25.7 Å². The zero-order valence-electron chi connectivity index (χ0n) is 39.5.